The summed E-state index contributed by atoms with van der Waals surface area (Å²) in [7, 11) is 0. The predicted molar refractivity (Wildman–Crippen MR) is 147 cm³/mol. The molecule has 1 atom stereocenters. The number of piperidine rings is 1. The standard InChI is InChI=1S/C27H30F3N7O2S/c1-25(2,3)39-24(38)37-13-15(10-26(4,5)14-37)34-23-33-12-18(27(28,29)30)20(36-23)17-11-32-21-16(17)6-7-19(35-21)22-31-8-9-40-22/h6-9,11-12,15H,10,13-14H2,1-5H3,(H,32,35)(H,33,34,36)/t15-/m0/s1. The third kappa shape index (κ3) is 6.03. The van der Waals surface area contributed by atoms with Crippen molar-refractivity contribution in [3.05, 3.63) is 41.7 Å². The van der Waals surface area contributed by atoms with Crippen LogP contribution in [0.1, 0.15) is 46.6 Å². The molecule has 1 aliphatic rings. The van der Waals surface area contributed by atoms with Crippen LogP contribution >= 0.6 is 11.3 Å². The first-order chi connectivity index (χ1) is 18.7. The summed E-state index contributed by atoms with van der Waals surface area (Å²) in [6, 6.07) is 3.13. The van der Waals surface area contributed by atoms with E-state index in [1.165, 1.54) is 17.5 Å². The highest BCUT2D eigenvalue weighted by Crippen LogP contribution is 2.39. The van der Waals surface area contributed by atoms with Crippen molar-refractivity contribution >= 4 is 34.4 Å². The van der Waals surface area contributed by atoms with Gasteiger partial charge < -0.3 is 19.9 Å². The summed E-state index contributed by atoms with van der Waals surface area (Å²) >= 11 is 1.42. The van der Waals surface area contributed by atoms with Crippen LogP contribution in [0.15, 0.2) is 36.1 Å². The first-order valence-electron chi connectivity index (χ1n) is 12.8. The lowest BCUT2D eigenvalue weighted by Gasteiger charge is -2.42. The SMILES string of the molecule is CC1(C)C[C@H](Nc2ncc(C(F)(F)F)c(-c3c[nH]c4nc(-c5nccs5)ccc34)n2)CN(C(=O)OC(C)(C)C)C1. The van der Waals surface area contributed by atoms with Crippen LogP contribution in [0.3, 0.4) is 0 Å². The first-order valence-corrected chi connectivity index (χ1v) is 13.6. The van der Waals surface area contributed by atoms with Gasteiger partial charge in [0.15, 0.2) is 0 Å². The fourth-order valence-corrected chi connectivity index (χ4v) is 5.53. The smallest absolute Gasteiger partial charge is 0.419 e. The molecule has 212 valence electrons. The number of pyridine rings is 1. The Hall–Kier alpha value is -3.74. The second-order valence-corrected chi connectivity index (χ2v) is 12.6. The molecule has 1 aliphatic heterocycles. The summed E-state index contributed by atoms with van der Waals surface area (Å²) in [4.78, 5) is 34.5. The number of aromatic nitrogens is 5. The molecule has 0 spiro atoms. The molecule has 1 saturated heterocycles. The second-order valence-electron chi connectivity index (χ2n) is 11.7. The quantitative estimate of drug-likeness (QED) is 0.283. The van der Waals surface area contributed by atoms with Gasteiger partial charge in [0.25, 0.3) is 0 Å². The van der Waals surface area contributed by atoms with Gasteiger partial charge in [0.1, 0.15) is 27.5 Å². The van der Waals surface area contributed by atoms with E-state index in [0.29, 0.717) is 41.2 Å². The van der Waals surface area contributed by atoms with Gasteiger partial charge in [-0.2, -0.15) is 13.2 Å². The van der Waals surface area contributed by atoms with Gasteiger partial charge in [-0.25, -0.2) is 24.7 Å². The molecule has 5 rings (SSSR count). The number of alkyl halides is 3. The van der Waals surface area contributed by atoms with E-state index >= 15 is 0 Å². The average Bonchev–Trinajstić information content (AvgIpc) is 3.51. The molecule has 1 amide bonds. The number of nitrogens with one attached hydrogen (secondary N) is 2. The van der Waals surface area contributed by atoms with E-state index < -0.39 is 23.4 Å². The van der Waals surface area contributed by atoms with Gasteiger partial charge in [0.2, 0.25) is 5.95 Å². The molecule has 0 aromatic carbocycles. The summed E-state index contributed by atoms with van der Waals surface area (Å²) < 4.78 is 47.8. The topological polar surface area (TPSA) is 109 Å². The van der Waals surface area contributed by atoms with Crippen molar-refractivity contribution in [2.24, 2.45) is 5.41 Å². The van der Waals surface area contributed by atoms with Crippen LogP contribution in [0, 0.1) is 5.41 Å². The van der Waals surface area contributed by atoms with E-state index in [1.54, 1.807) is 44.0 Å². The molecular formula is C27H30F3N7O2S. The fraction of sp³-hybridized carbons (Fsp3) is 0.444. The van der Waals surface area contributed by atoms with Crippen LogP contribution in [-0.2, 0) is 10.9 Å². The van der Waals surface area contributed by atoms with Crippen LogP contribution in [0.5, 0.6) is 0 Å². The highest BCUT2D eigenvalue weighted by Gasteiger charge is 2.39. The number of carbonyl (C=O) groups is 1. The van der Waals surface area contributed by atoms with Crippen molar-refractivity contribution in [3.63, 3.8) is 0 Å². The number of fused-ring (bicyclic) bond motifs is 1. The van der Waals surface area contributed by atoms with Crippen LogP contribution in [0.4, 0.5) is 23.9 Å². The molecule has 0 saturated carbocycles. The van der Waals surface area contributed by atoms with Gasteiger partial charge in [-0.1, -0.05) is 13.8 Å². The molecule has 0 aliphatic carbocycles. The Morgan fingerprint density at radius 2 is 1.98 bits per heavy atom. The van der Waals surface area contributed by atoms with Gasteiger partial charge in [0.05, 0.1) is 5.69 Å². The lowest BCUT2D eigenvalue weighted by atomic mass is 9.82. The summed E-state index contributed by atoms with van der Waals surface area (Å²) in [5, 5.41) is 6.19. The number of hydrogen-bond acceptors (Lipinski definition) is 8. The van der Waals surface area contributed by atoms with E-state index in [1.807, 2.05) is 19.2 Å². The molecule has 40 heavy (non-hydrogen) atoms. The maximum atomic E-state index is 14.1. The summed E-state index contributed by atoms with van der Waals surface area (Å²) in [6.45, 7) is 10.2. The number of amides is 1. The summed E-state index contributed by atoms with van der Waals surface area (Å²) in [6.07, 6.45) is -0.533. The maximum Gasteiger partial charge on any atom is 0.419 e. The minimum atomic E-state index is -4.67. The molecular weight excluding hydrogens is 543 g/mol. The normalized spacial score (nSPS) is 17.7. The van der Waals surface area contributed by atoms with E-state index in [4.69, 9.17) is 4.74 Å². The van der Waals surface area contributed by atoms with Crippen LogP contribution in [-0.4, -0.2) is 60.6 Å². The zero-order chi connectivity index (χ0) is 28.9. The molecule has 1 fully saturated rings. The largest absolute Gasteiger partial charge is 0.444 e. The molecule has 0 unspecified atom stereocenters. The first kappa shape index (κ1) is 27.8. The fourth-order valence-electron chi connectivity index (χ4n) is 4.92. The third-order valence-electron chi connectivity index (χ3n) is 6.38. The zero-order valence-corrected chi connectivity index (χ0v) is 23.6. The number of carbonyl (C=O) groups excluding carboxylic acids is 1. The molecule has 13 heteroatoms. The average molecular weight is 574 g/mol. The number of nitrogens with zero attached hydrogens (tertiary/aromatic N) is 5. The van der Waals surface area contributed by atoms with Crippen molar-refractivity contribution in [2.45, 2.75) is 58.9 Å². The van der Waals surface area contributed by atoms with Gasteiger partial charge in [0, 0.05) is 54.1 Å². The number of H-pyrrole nitrogens is 1. The Kier molecular flexibility index (Phi) is 6.97. The minimum absolute atomic E-state index is 0.0385. The maximum absolute atomic E-state index is 14.1. The Morgan fingerprint density at radius 3 is 2.65 bits per heavy atom. The Morgan fingerprint density at radius 1 is 1.20 bits per heavy atom. The van der Waals surface area contributed by atoms with E-state index in [0.717, 1.165) is 6.20 Å². The Bertz CT molecular complexity index is 1530. The number of rotatable bonds is 4. The van der Waals surface area contributed by atoms with Gasteiger partial charge in [-0.05, 0) is 44.7 Å². The van der Waals surface area contributed by atoms with E-state index in [-0.39, 0.29) is 28.7 Å². The molecule has 4 aromatic heterocycles. The number of likely N-dealkylation sites (tertiary alicyclic amines) is 1. The number of ether oxygens (including phenoxy) is 1. The second kappa shape index (κ2) is 10.0. The number of anilines is 1. The highest BCUT2D eigenvalue weighted by atomic mass is 32.1. The molecule has 0 radical (unpaired) electrons. The van der Waals surface area contributed by atoms with Crippen molar-refractivity contribution in [2.75, 3.05) is 18.4 Å². The van der Waals surface area contributed by atoms with Crippen LogP contribution < -0.4 is 5.32 Å². The Balaban J connectivity index is 1.47. The number of hydrogen-bond donors (Lipinski definition) is 2. The van der Waals surface area contributed by atoms with E-state index in [9.17, 15) is 18.0 Å². The summed E-state index contributed by atoms with van der Waals surface area (Å²) in [5.41, 5.74) is -0.842. The van der Waals surface area contributed by atoms with Crippen LogP contribution in [0.25, 0.3) is 33.0 Å². The third-order valence-corrected chi connectivity index (χ3v) is 7.18. The molecule has 9 nitrogen and oxygen atoms in total. The Labute approximate surface area is 233 Å². The molecule has 4 aromatic rings. The van der Waals surface area contributed by atoms with Crippen molar-refractivity contribution in [1.82, 2.24) is 29.8 Å². The summed E-state index contributed by atoms with van der Waals surface area (Å²) in [5.74, 6) is 0.0385. The molecule has 0 bridgehead atoms. The number of aromatic amines is 1. The van der Waals surface area contributed by atoms with Crippen molar-refractivity contribution in [3.8, 4) is 22.0 Å². The number of halogens is 3. The van der Waals surface area contributed by atoms with Crippen molar-refractivity contribution in [1.29, 1.82) is 0 Å². The van der Waals surface area contributed by atoms with Crippen molar-refractivity contribution < 1.29 is 22.7 Å². The van der Waals surface area contributed by atoms with Gasteiger partial charge >= 0.3 is 12.3 Å². The van der Waals surface area contributed by atoms with Gasteiger partial charge in [-0.3, -0.25) is 0 Å². The predicted octanol–water partition coefficient (Wildman–Crippen LogP) is 6.61. The highest BCUT2D eigenvalue weighted by molar-refractivity contribution is 7.13. The minimum Gasteiger partial charge on any atom is -0.444 e. The molecule has 5 heterocycles. The zero-order valence-electron chi connectivity index (χ0n) is 22.8. The van der Waals surface area contributed by atoms with Crippen LogP contribution in [0.2, 0.25) is 0 Å². The number of thiazole rings is 1. The van der Waals surface area contributed by atoms with Gasteiger partial charge in [-0.15, -0.1) is 11.3 Å². The lowest BCUT2D eigenvalue weighted by molar-refractivity contribution is -0.137. The van der Waals surface area contributed by atoms with E-state index in [2.05, 4.69) is 30.2 Å². The lowest BCUT2D eigenvalue weighted by Crippen LogP contribution is -2.53. The molecule has 2 N–H and O–H groups in total. The monoisotopic (exact) mass is 573 g/mol.